The summed E-state index contributed by atoms with van der Waals surface area (Å²) < 4.78 is 0. The molecule has 0 saturated heterocycles. The number of hydrogen-bond acceptors (Lipinski definition) is 2. The molecular weight excluding hydrogens is 256 g/mol. The highest BCUT2D eigenvalue weighted by Crippen LogP contribution is 2.33. The number of rotatable bonds is 2. The minimum absolute atomic E-state index is 1.32. The molecule has 0 atom stereocenters. The van der Waals surface area contributed by atoms with Gasteiger partial charge in [0.25, 0.3) is 0 Å². The molecule has 0 bridgehead atoms. The van der Waals surface area contributed by atoms with Crippen molar-refractivity contribution in [1.82, 2.24) is 0 Å². The molecule has 0 aliphatic carbocycles. The summed E-state index contributed by atoms with van der Waals surface area (Å²) in [7, 11) is 0. The molecule has 1 aromatic carbocycles. The number of hydrogen-bond donors (Lipinski definition) is 0. The van der Waals surface area contributed by atoms with Crippen LogP contribution >= 0.6 is 22.7 Å². The fourth-order valence-corrected chi connectivity index (χ4v) is 3.67. The summed E-state index contributed by atoms with van der Waals surface area (Å²) in [6, 6.07) is 15.5. The van der Waals surface area contributed by atoms with Crippen LogP contribution in [0.15, 0.2) is 47.8 Å². The lowest BCUT2D eigenvalue weighted by atomic mass is 10.0. The first-order chi connectivity index (χ1) is 8.72. The molecule has 2 heteroatoms. The quantitative estimate of drug-likeness (QED) is 0.555. The molecule has 0 aliphatic heterocycles. The summed E-state index contributed by atoms with van der Waals surface area (Å²) >= 11 is 3.66. The number of aryl methyl sites for hydroxylation is 2. The van der Waals surface area contributed by atoms with E-state index in [1.54, 1.807) is 11.3 Å². The third kappa shape index (κ3) is 2.26. The lowest BCUT2D eigenvalue weighted by molar-refractivity contribution is 1.48. The standard InChI is InChI=1S/C16H14S2/c1-11-8-13(15-4-3-7-17-15)10-14(9-11)16-6-5-12(2)18-16/h3-10H,1-2H3. The minimum Gasteiger partial charge on any atom is -0.144 e. The van der Waals surface area contributed by atoms with Crippen molar-refractivity contribution in [3.05, 3.63) is 58.3 Å². The highest BCUT2D eigenvalue weighted by atomic mass is 32.1. The average Bonchev–Trinajstić information content (AvgIpc) is 2.98. The molecule has 0 saturated carbocycles. The van der Waals surface area contributed by atoms with Crippen LogP contribution in [0.4, 0.5) is 0 Å². The van der Waals surface area contributed by atoms with Crippen molar-refractivity contribution in [3.8, 4) is 20.9 Å². The van der Waals surface area contributed by atoms with Gasteiger partial charge in [0, 0.05) is 14.6 Å². The fourth-order valence-electron chi connectivity index (χ4n) is 2.10. The second-order valence-electron chi connectivity index (χ2n) is 4.48. The SMILES string of the molecule is Cc1cc(-c2cccs2)cc(-c2ccc(C)s2)c1. The Balaban J connectivity index is 2.11. The maximum atomic E-state index is 2.30. The van der Waals surface area contributed by atoms with Gasteiger partial charge >= 0.3 is 0 Å². The van der Waals surface area contributed by atoms with Gasteiger partial charge in [0.2, 0.25) is 0 Å². The number of benzene rings is 1. The summed E-state index contributed by atoms with van der Waals surface area (Å²) in [4.78, 5) is 4.06. The second-order valence-corrected chi connectivity index (χ2v) is 6.71. The van der Waals surface area contributed by atoms with Crippen LogP contribution < -0.4 is 0 Å². The first kappa shape index (κ1) is 11.7. The topological polar surface area (TPSA) is 0 Å². The highest BCUT2D eigenvalue weighted by Gasteiger charge is 2.05. The van der Waals surface area contributed by atoms with Crippen LogP contribution in [0.2, 0.25) is 0 Å². The molecule has 18 heavy (non-hydrogen) atoms. The van der Waals surface area contributed by atoms with Gasteiger partial charge in [-0.05, 0) is 60.2 Å². The molecule has 0 aliphatic rings. The molecule has 0 radical (unpaired) electrons. The third-order valence-electron chi connectivity index (χ3n) is 2.91. The van der Waals surface area contributed by atoms with E-state index in [-0.39, 0.29) is 0 Å². The first-order valence-electron chi connectivity index (χ1n) is 5.95. The van der Waals surface area contributed by atoms with Crippen LogP contribution in [-0.4, -0.2) is 0 Å². The Bertz CT molecular complexity index is 660. The summed E-state index contributed by atoms with van der Waals surface area (Å²) in [5.41, 5.74) is 3.98. The second kappa shape index (κ2) is 4.71. The third-order valence-corrected chi connectivity index (χ3v) is 4.88. The van der Waals surface area contributed by atoms with Gasteiger partial charge in [0.15, 0.2) is 0 Å². The molecule has 0 fully saturated rings. The lowest BCUT2D eigenvalue weighted by Crippen LogP contribution is -1.80. The van der Waals surface area contributed by atoms with Crippen LogP contribution in [0.5, 0.6) is 0 Å². The van der Waals surface area contributed by atoms with E-state index in [9.17, 15) is 0 Å². The van der Waals surface area contributed by atoms with E-state index in [0.717, 1.165) is 0 Å². The van der Waals surface area contributed by atoms with Gasteiger partial charge in [-0.1, -0.05) is 18.2 Å². The molecule has 0 nitrogen and oxygen atoms in total. The monoisotopic (exact) mass is 270 g/mol. The normalized spacial score (nSPS) is 10.8. The van der Waals surface area contributed by atoms with Crippen molar-refractivity contribution in [2.45, 2.75) is 13.8 Å². The van der Waals surface area contributed by atoms with Crippen molar-refractivity contribution >= 4 is 22.7 Å². The van der Waals surface area contributed by atoms with Crippen molar-refractivity contribution < 1.29 is 0 Å². The Morgan fingerprint density at radius 2 is 1.61 bits per heavy atom. The molecule has 3 aromatic rings. The number of thiophene rings is 2. The van der Waals surface area contributed by atoms with Crippen molar-refractivity contribution in [2.75, 3.05) is 0 Å². The zero-order valence-electron chi connectivity index (χ0n) is 10.4. The maximum Gasteiger partial charge on any atom is 0.0345 e. The van der Waals surface area contributed by atoms with E-state index in [1.807, 2.05) is 11.3 Å². The van der Waals surface area contributed by atoms with Gasteiger partial charge in [-0.25, -0.2) is 0 Å². The lowest BCUT2D eigenvalue weighted by Gasteiger charge is -2.05. The summed E-state index contributed by atoms with van der Waals surface area (Å²) in [6.07, 6.45) is 0. The predicted molar refractivity (Wildman–Crippen MR) is 82.5 cm³/mol. The van der Waals surface area contributed by atoms with Crippen molar-refractivity contribution in [3.63, 3.8) is 0 Å². The Morgan fingerprint density at radius 3 is 2.22 bits per heavy atom. The van der Waals surface area contributed by atoms with Crippen LogP contribution in [-0.2, 0) is 0 Å². The van der Waals surface area contributed by atoms with Crippen LogP contribution in [0.3, 0.4) is 0 Å². The van der Waals surface area contributed by atoms with E-state index in [1.165, 1.54) is 31.3 Å². The van der Waals surface area contributed by atoms with Crippen LogP contribution in [0.1, 0.15) is 10.4 Å². The zero-order valence-corrected chi connectivity index (χ0v) is 12.1. The largest absolute Gasteiger partial charge is 0.144 e. The smallest absolute Gasteiger partial charge is 0.0345 e. The summed E-state index contributed by atoms with van der Waals surface area (Å²) in [5.74, 6) is 0. The van der Waals surface area contributed by atoms with E-state index < -0.39 is 0 Å². The molecule has 0 unspecified atom stereocenters. The molecule has 0 N–H and O–H groups in total. The van der Waals surface area contributed by atoms with Gasteiger partial charge in [0.1, 0.15) is 0 Å². The van der Waals surface area contributed by atoms with E-state index in [2.05, 4.69) is 61.7 Å². The average molecular weight is 270 g/mol. The summed E-state index contributed by atoms with van der Waals surface area (Å²) in [6.45, 7) is 4.32. The van der Waals surface area contributed by atoms with E-state index in [0.29, 0.717) is 0 Å². The Morgan fingerprint density at radius 1 is 0.833 bits per heavy atom. The van der Waals surface area contributed by atoms with Gasteiger partial charge in [-0.3, -0.25) is 0 Å². The molecule has 0 spiro atoms. The fraction of sp³-hybridized carbons (Fsp3) is 0.125. The van der Waals surface area contributed by atoms with Gasteiger partial charge in [-0.15, -0.1) is 22.7 Å². The van der Waals surface area contributed by atoms with Crippen LogP contribution in [0.25, 0.3) is 20.9 Å². The molecule has 2 heterocycles. The first-order valence-corrected chi connectivity index (χ1v) is 7.64. The molecule has 3 rings (SSSR count). The Kier molecular flexibility index (Phi) is 3.06. The van der Waals surface area contributed by atoms with Crippen molar-refractivity contribution in [2.24, 2.45) is 0 Å². The molecule has 90 valence electrons. The van der Waals surface area contributed by atoms with Gasteiger partial charge in [-0.2, -0.15) is 0 Å². The van der Waals surface area contributed by atoms with E-state index in [4.69, 9.17) is 0 Å². The van der Waals surface area contributed by atoms with Crippen molar-refractivity contribution in [1.29, 1.82) is 0 Å². The minimum atomic E-state index is 1.32. The molecular formula is C16H14S2. The zero-order chi connectivity index (χ0) is 12.5. The molecule has 0 amide bonds. The Hall–Kier alpha value is -1.38. The Labute approximate surface area is 116 Å². The maximum absolute atomic E-state index is 2.30. The van der Waals surface area contributed by atoms with Crippen LogP contribution in [0, 0.1) is 13.8 Å². The summed E-state index contributed by atoms with van der Waals surface area (Å²) in [5, 5.41) is 2.13. The van der Waals surface area contributed by atoms with Gasteiger partial charge in [0.05, 0.1) is 0 Å². The highest BCUT2D eigenvalue weighted by molar-refractivity contribution is 7.15. The predicted octanol–water partition coefficient (Wildman–Crippen LogP) is 5.76. The molecule has 2 aromatic heterocycles. The van der Waals surface area contributed by atoms with Gasteiger partial charge < -0.3 is 0 Å². The van der Waals surface area contributed by atoms with E-state index >= 15 is 0 Å².